The number of imidazole rings is 1. The summed E-state index contributed by atoms with van der Waals surface area (Å²) in [5.74, 6) is 0.459. The largest absolute Gasteiger partial charge is 0.336 e. The fraction of sp³-hybridized carbons (Fsp3) is 0.412. The number of urea groups is 1. The SMILES string of the molecule is Cc1ccccc1C1CCN(C(=O)NCCn2ccnc2)C1. The number of likely N-dealkylation sites (tertiary alicyclic amines) is 1. The zero-order chi connectivity index (χ0) is 15.4. The third-order valence-corrected chi connectivity index (χ3v) is 4.31. The topological polar surface area (TPSA) is 50.2 Å². The van der Waals surface area contributed by atoms with Crippen LogP contribution in [0.1, 0.15) is 23.5 Å². The number of carbonyl (C=O) groups is 1. The van der Waals surface area contributed by atoms with E-state index >= 15 is 0 Å². The maximum absolute atomic E-state index is 12.2. The van der Waals surface area contributed by atoms with Crippen molar-refractivity contribution in [2.75, 3.05) is 19.6 Å². The number of nitrogens with one attached hydrogen (secondary N) is 1. The molecule has 2 heterocycles. The van der Waals surface area contributed by atoms with Gasteiger partial charge in [0.2, 0.25) is 0 Å². The number of aryl methyl sites for hydroxylation is 1. The number of hydrogen-bond donors (Lipinski definition) is 1. The molecule has 22 heavy (non-hydrogen) atoms. The molecule has 1 unspecified atom stereocenters. The van der Waals surface area contributed by atoms with Crippen molar-refractivity contribution in [3.05, 3.63) is 54.1 Å². The molecule has 1 aliphatic heterocycles. The van der Waals surface area contributed by atoms with Gasteiger partial charge in [0.1, 0.15) is 0 Å². The monoisotopic (exact) mass is 298 g/mol. The second kappa shape index (κ2) is 6.64. The van der Waals surface area contributed by atoms with Gasteiger partial charge in [-0.05, 0) is 24.5 Å². The summed E-state index contributed by atoms with van der Waals surface area (Å²) in [6.07, 6.45) is 6.45. The van der Waals surface area contributed by atoms with E-state index in [1.165, 1.54) is 11.1 Å². The molecule has 5 nitrogen and oxygen atoms in total. The maximum Gasteiger partial charge on any atom is 0.317 e. The minimum absolute atomic E-state index is 0.0381. The Hall–Kier alpha value is -2.30. The van der Waals surface area contributed by atoms with Crippen LogP contribution >= 0.6 is 0 Å². The van der Waals surface area contributed by atoms with Crippen LogP contribution in [-0.4, -0.2) is 40.1 Å². The van der Waals surface area contributed by atoms with Gasteiger partial charge in [0, 0.05) is 44.5 Å². The number of hydrogen-bond acceptors (Lipinski definition) is 2. The van der Waals surface area contributed by atoms with Gasteiger partial charge in [0.05, 0.1) is 6.33 Å². The highest BCUT2D eigenvalue weighted by molar-refractivity contribution is 5.74. The Morgan fingerprint density at radius 1 is 1.41 bits per heavy atom. The summed E-state index contributed by atoms with van der Waals surface area (Å²) in [6.45, 7) is 5.16. The molecule has 5 heteroatoms. The Morgan fingerprint density at radius 3 is 3.05 bits per heavy atom. The predicted octanol–water partition coefficient (Wildman–Crippen LogP) is 2.39. The highest BCUT2D eigenvalue weighted by Gasteiger charge is 2.27. The van der Waals surface area contributed by atoms with Gasteiger partial charge in [-0.2, -0.15) is 0 Å². The predicted molar refractivity (Wildman–Crippen MR) is 85.7 cm³/mol. The smallest absolute Gasteiger partial charge is 0.317 e. The molecule has 1 N–H and O–H groups in total. The van der Waals surface area contributed by atoms with E-state index in [0.29, 0.717) is 12.5 Å². The van der Waals surface area contributed by atoms with E-state index in [1.807, 2.05) is 15.7 Å². The molecule has 0 aliphatic carbocycles. The second-order valence-corrected chi connectivity index (χ2v) is 5.82. The van der Waals surface area contributed by atoms with Crippen LogP contribution in [-0.2, 0) is 6.54 Å². The summed E-state index contributed by atoms with van der Waals surface area (Å²) in [5, 5.41) is 2.99. The van der Waals surface area contributed by atoms with Crippen molar-refractivity contribution in [2.45, 2.75) is 25.8 Å². The molecule has 1 aliphatic rings. The molecule has 3 rings (SSSR count). The van der Waals surface area contributed by atoms with Gasteiger partial charge in [0.25, 0.3) is 0 Å². The first-order chi connectivity index (χ1) is 10.7. The van der Waals surface area contributed by atoms with E-state index in [4.69, 9.17) is 0 Å². The van der Waals surface area contributed by atoms with Crippen molar-refractivity contribution in [1.29, 1.82) is 0 Å². The summed E-state index contributed by atoms with van der Waals surface area (Å²) in [5.41, 5.74) is 2.69. The molecular formula is C17H22N4O. The third kappa shape index (κ3) is 3.30. The molecular weight excluding hydrogens is 276 g/mol. The molecule has 2 amide bonds. The molecule has 116 valence electrons. The number of carbonyl (C=O) groups excluding carboxylic acids is 1. The zero-order valence-corrected chi connectivity index (χ0v) is 12.9. The quantitative estimate of drug-likeness (QED) is 0.942. The van der Waals surface area contributed by atoms with E-state index in [2.05, 4.69) is 41.5 Å². The lowest BCUT2D eigenvalue weighted by molar-refractivity contribution is 0.208. The molecule has 1 atom stereocenters. The third-order valence-electron chi connectivity index (χ3n) is 4.31. The van der Waals surface area contributed by atoms with E-state index < -0.39 is 0 Å². The minimum Gasteiger partial charge on any atom is -0.336 e. The minimum atomic E-state index is 0.0381. The van der Waals surface area contributed by atoms with Crippen LogP contribution in [0, 0.1) is 6.92 Å². The van der Waals surface area contributed by atoms with Crippen LogP contribution in [0.3, 0.4) is 0 Å². The van der Waals surface area contributed by atoms with Crippen molar-refractivity contribution in [3.8, 4) is 0 Å². The van der Waals surface area contributed by atoms with Crippen LogP contribution in [0.15, 0.2) is 43.0 Å². The average Bonchev–Trinajstić information content (AvgIpc) is 3.19. The van der Waals surface area contributed by atoms with Crippen LogP contribution in [0.25, 0.3) is 0 Å². The Morgan fingerprint density at radius 2 is 2.27 bits per heavy atom. The van der Waals surface area contributed by atoms with E-state index in [9.17, 15) is 4.79 Å². The first-order valence-corrected chi connectivity index (χ1v) is 7.78. The zero-order valence-electron chi connectivity index (χ0n) is 12.9. The number of aromatic nitrogens is 2. The Bertz CT molecular complexity index is 623. The number of amides is 2. The van der Waals surface area contributed by atoms with Gasteiger partial charge in [-0.25, -0.2) is 9.78 Å². The van der Waals surface area contributed by atoms with Crippen LogP contribution in [0.2, 0.25) is 0 Å². The fourth-order valence-electron chi connectivity index (χ4n) is 3.07. The van der Waals surface area contributed by atoms with Gasteiger partial charge in [-0.1, -0.05) is 24.3 Å². The van der Waals surface area contributed by atoms with Crippen molar-refractivity contribution in [2.24, 2.45) is 0 Å². The van der Waals surface area contributed by atoms with E-state index in [0.717, 1.165) is 26.1 Å². The van der Waals surface area contributed by atoms with E-state index in [-0.39, 0.29) is 6.03 Å². The van der Waals surface area contributed by atoms with Gasteiger partial charge >= 0.3 is 6.03 Å². The molecule has 1 aromatic heterocycles. The molecule has 0 radical (unpaired) electrons. The number of rotatable bonds is 4. The van der Waals surface area contributed by atoms with E-state index in [1.54, 1.807) is 12.5 Å². The van der Waals surface area contributed by atoms with Crippen LogP contribution in [0.5, 0.6) is 0 Å². The van der Waals surface area contributed by atoms with Gasteiger partial charge in [-0.3, -0.25) is 0 Å². The first-order valence-electron chi connectivity index (χ1n) is 7.78. The lowest BCUT2D eigenvalue weighted by Crippen LogP contribution is -2.39. The van der Waals surface area contributed by atoms with Gasteiger partial charge in [-0.15, -0.1) is 0 Å². The van der Waals surface area contributed by atoms with Crippen LogP contribution in [0.4, 0.5) is 4.79 Å². The molecule has 1 saturated heterocycles. The molecule has 2 aromatic rings. The second-order valence-electron chi connectivity index (χ2n) is 5.82. The number of benzene rings is 1. The number of nitrogens with zero attached hydrogens (tertiary/aromatic N) is 3. The standard InChI is InChI=1S/C17H22N4O/c1-14-4-2-3-5-16(14)15-6-9-21(12-15)17(22)19-8-11-20-10-7-18-13-20/h2-5,7,10,13,15H,6,8-9,11-12H2,1H3,(H,19,22). The Kier molecular flexibility index (Phi) is 4.42. The normalized spacial score (nSPS) is 17.7. The van der Waals surface area contributed by atoms with Crippen molar-refractivity contribution in [1.82, 2.24) is 19.8 Å². The first kappa shape index (κ1) is 14.6. The van der Waals surface area contributed by atoms with Crippen molar-refractivity contribution in [3.63, 3.8) is 0 Å². The summed E-state index contributed by atoms with van der Waals surface area (Å²) in [7, 11) is 0. The Balaban J connectivity index is 1.49. The average molecular weight is 298 g/mol. The molecule has 0 bridgehead atoms. The lowest BCUT2D eigenvalue weighted by Gasteiger charge is -2.18. The Labute approximate surface area is 131 Å². The molecule has 1 aromatic carbocycles. The van der Waals surface area contributed by atoms with Crippen molar-refractivity contribution >= 4 is 6.03 Å². The summed E-state index contributed by atoms with van der Waals surface area (Å²) in [6, 6.07) is 8.50. The maximum atomic E-state index is 12.2. The van der Waals surface area contributed by atoms with Crippen molar-refractivity contribution < 1.29 is 4.79 Å². The summed E-state index contributed by atoms with van der Waals surface area (Å²) in [4.78, 5) is 18.1. The fourth-order valence-corrected chi connectivity index (χ4v) is 3.07. The molecule has 0 saturated carbocycles. The highest BCUT2D eigenvalue weighted by atomic mass is 16.2. The van der Waals surface area contributed by atoms with Crippen LogP contribution < -0.4 is 5.32 Å². The van der Waals surface area contributed by atoms with Gasteiger partial charge in [0.15, 0.2) is 0 Å². The van der Waals surface area contributed by atoms with Gasteiger partial charge < -0.3 is 14.8 Å². The molecule has 1 fully saturated rings. The molecule has 0 spiro atoms. The summed E-state index contributed by atoms with van der Waals surface area (Å²) < 4.78 is 1.96. The summed E-state index contributed by atoms with van der Waals surface area (Å²) >= 11 is 0. The highest BCUT2D eigenvalue weighted by Crippen LogP contribution is 2.29. The lowest BCUT2D eigenvalue weighted by atomic mass is 9.94.